The zero-order valence-corrected chi connectivity index (χ0v) is 15.1. The highest BCUT2D eigenvalue weighted by atomic mass is 19.1. The lowest BCUT2D eigenvalue weighted by Gasteiger charge is -2.41. The maximum atomic E-state index is 15.0. The first kappa shape index (κ1) is 18.8. The highest BCUT2D eigenvalue weighted by molar-refractivity contribution is 5.75. The van der Waals surface area contributed by atoms with Crippen molar-refractivity contribution < 1.29 is 23.5 Å². The fraction of sp³-hybridized carbons (Fsp3) is 0.600. The van der Waals surface area contributed by atoms with Crippen molar-refractivity contribution >= 4 is 11.9 Å². The number of hydrogen-bond donors (Lipinski definition) is 0. The van der Waals surface area contributed by atoms with Crippen LogP contribution in [-0.4, -0.2) is 49.3 Å². The van der Waals surface area contributed by atoms with E-state index in [0.29, 0.717) is 19.6 Å². The van der Waals surface area contributed by atoms with Crippen molar-refractivity contribution in [2.75, 3.05) is 26.3 Å². The molecule has 142 valence electrons. The second kappa shape index (κ2) is 8.62. The minimum Gasteiger partial charge on any atom is -0.445 e. The Balaban J connectivity index is 1.65. The lowest BCUT2D eigenvalue weighted by molar-refractivity contribution is -0.120. The van der Waals surface area contributed by atoms with Gasteiger partial charge in [-0.05, 0) is 24.8 Å². The smallest absolute Gasteiger partial charge is 0.410 e. The number of benzene rings is 1. The van der Waals surface area contributed by atoms with E-state index in [9.17, 15) is 14.0 Å². The molecule has 0 N–H and O–H groups in total. The number of hydrogen-bond acceptors (Lipinski definition) is 4. The first-order valence-electron chi connectivity index (χ1n) is 9.19. The molecule has 3 saturated heterocycles. The van der Waals surface area contributed by atoms with E-state index >= 15 is 0 Å². The maximum absolute atomic E-state index is 15.0. The molecule has 1 aromatic rings. The molecule has 0 aliphatic carbocycles. The first-order valence-corrected chi connectivity index (χ1v) is 9.19. The molecule has 0 aromatic heterocycles. The molecule has 2 bridgehead atoms. The van der Waals surface area contributed by atoms with Crippen molar-refractivity contribution in [1.29, 1.82) is 0 Å². The van der Waals surface area contributed by atoms with Gasteiger partial charge in [0.2, 0.25) is 0 Å². The van der Waals surface area contributed by atoms with Crippen molar-refractivity contribution in [2.24, 2.45) is 17.8 Å². The average molecular weight is 363 g/mol. The predicted octanol–water partition coefficient (Wildman–Crippen LogP) is 3.22. The summed E-state index contributed by atoms with van der Waals surface area (Å²) in [5.74, 6) is -0.682. The second-order valence-corrected chi connectivity index (χ2v) is 7.46. The number of amides is 1. The monoisotopic (exact) mass is 363 g/mol. The molecule has 26 heavy (non-hydrogen) atoms. The summed E-state index contributed by atoms with van der Waals surface area (Å²) in [6.45, 7) is 3.21. The number of ether oxygens (including phenoxy) is 2. The molecule has 3 heterocycles. The van der Waals surface area contributed by atoms with Crippen LogP contribution in [0.1, 0.15) is 25.3 Å². The molecule has 4 atom stereocenters. The number of rotatable bonds is 4. The van der Waals surface area contributed by atoms with Gasteiger partial charge in [0.1, 0.15) is 18.6 Å². The lowest BCUT2D eigenvalue weighted by Crippen LogP contribution is -2.50. The molecule has 3 unspecified atom stereocenters. The van der Waals surface area contributed by atoms with Crippen LogP contribution in [-0.2, 0) is 20.9 Å². The summed E-state index contributed by atoms with van der Waals surface area (Å²) >= 11 is 0. The number of nitrogens with zero attached hydrogens (tertiary/aromatic N) is 1. The Morgan fingerprint density at radius 3 is 2.73 bits per heavy atom. The minimum absolute atomic E-state index is 0.0105. The number of fused-ring (bicyclic) bond motifs is 6. The van der Waals surface area contributed by atoms with Crippen LogP contribution >= 0.6 is 0 Å². The molecule has 3 aliphatic rings. The fourth-order valence-corrected chi connectivity index (χ4v) is 3.96. The van der Waals surface area contributed by atoms with Gasteiger partial charge in [-0.1, -0.05) is 30.3 Å². The molecular weight excluding hydrogens is 337 g/mol. The molecule has 1 aromatic carbocycles. The van der Waals surface area contributed by atoms with E-state index < -0.39 is 18.2 Å². The van der Waals surface area contributed by atoms with Crippen molar-refractivity contribution in [2.45, 2.75) is 32.5 Å². The van der Waals surface area contributed by atoms with Crippen molar-refractivity contribution in [3.8, 4) is 0 Å². The highest BCUT2D eigenvalue weighted by Gasteiger charge is 2.40. The van der Waals surface area contributed by atoms with Gasteiger partial charge in [0.15, 0.2) is 0 Å². The van der Waals surface area contributed by atoms with Gasteiger partial charge < -0.3 is 19.2 Å². The topological polar surface area (TPSA) is 55.8 Å². The zero-order chi connectivity index (χ0) is 18.5. The molecular formula is C20H26FNO4. The molecule has 4 rings (SSSR count). The van der Waals surface area contributed by atoms with Gasteiger partial charge >= 0.3 is 6.09 Å². The Bertz CT molecular complexity index is 623. The fourth-order valence-electron chi connectivity index (χ4n) is 3.96. The SMILES string of the molecule is CC(=O)C[C@H]1CC2COCC(CN(C(=O)OCc3ccccc3)C2)C1F. The third kappa shape index (κ3) is 4.81. The molecule has 0 radical (unpaired) electrons. The molecule has 3 aliphatic heterocycles. The summed E-state index contributed by atoms with van der Waals surface area (Å²) in [7, 11) is 0. The van der Waals surface area contributed by atoms with Crippen LogP contribution in [0, 0.1) is 17.8 Å². The average Bonchev–Trinajstić information content (AvgIpc) is 2.59. The van der Waals surface area contributed by atoms with Gasteiger partial charge in [-0.25, -0.2) is 9.18 Å². The standard InChI is InChI=1S/C20H26FNO4/c1-14(23)7-17-8-16-9-22(10-18(19(17)21)13-25-11-16)20(24)26-12-15-5-3-2-4-6-15/h2-6,16-19H,7-13H2,1H3/t16?,17-,18?,19?/m0/s1. The zero-order valence-electron chi connectivity index (χ0n) is 15.1. The number of halogens is 1. The normalized spacial score (nSPS) is 28.8. The van der Waals surface area contributed by atoms with Crippen LogP contribution in [0.5, 0.6) is 0 Å². The molecule has 6 heteroatoms. The Kier molecular flexibility index (Phi) is 6.25. The van der Waals surface area contributed by atoms with E-state index in [1.165, 1.54) is 6.92 Å². The number of carbonyl (C=O) groups is 2. The number of alkyl halides is 1. The third-order valence-corrected chi connectivity index (χ3v) is 5.17. The van der Waals surface area contributed by atoms with E-state index in [4.69, 9.17) is 9.47 Å². The Hall–Kier alpha value is -1.95. The molecule has 0 saturated carbocycles. The van der Waals surface area contributed by atoms with Gasteiger partial charge in [-0.2, -0.15) is 0 Å². The number of ketones is 1. The van der Waals surface area contributed by atoms with Crippen LogP contribution < -0.4 is 0 Å². The molecule has 1 amide bonds. The van der Waals surface area contributed by atoms with E-state index in [2.05, 4.69) is 0 Å². The van der Waals surface area contributed by atoms with Gasteiger partial charge in [-0.3, -0.25) is 0 Å². The summed E-state index contributed by atoms with van der Waals surface area (Å²) in [6, 6.07) is 9.48. The second-order valence-electron chi connectivity index (χ2n) is 7.46. The van der Waals surface area contributed by atoms with E-state index in [1.807, 2.05) is 30.3 Å². The van der Waals surface area contributed by atoms with Crippen molar-refractivity contribution in [1.82, 2.24) is 4.90 Å². The van der Waals surface area contributed by atoms with Crippen LogP contribution in [0.25, 0.3) is 0 Å². The Morgan fingerprint density at radius 1 is 1.23 bits per heavy atom. The summed E-state index contributed by atoms with van der Waals surface area (Å²) in [5.41, 5.74) is 0.918. The van der Waals surface area contributed by atoms with Crippen molar-refractivity contribution in [3.05, 3.63) is 35.9 Å². The van der Waals surface area contributed by atoms with E-state index in [0.717, 1.165) is 5.56 Å². The van der Waals surface area contributed by atoms with Crippen molar-refractivity contribution in [3.63, 3.8) is 0 Å². The highest BCUT2D eigenvalue weighted by Crippen LogP contribution is 2.33. The largest absolute Gasteiger partial charge is 0.445 e. The minimum atomic E-state index is -1.15. The summed E-state index contributed by atoms with van der Waals surface area (Å²) < 4.78 is 26.0. The lowest BCUT2D eigenvalue weighted by atomic mass is 9.79. The molecule has 5 nitrogen and oxygen atoms in total. The van der Waals surface area contributed by atoms with Gasteiger partial charge in [0.05, 0.1) is 13.2 Å². The van der Waals surface area contributed by atoms with Gasteiger partial charge in [0, 0.05) is 31.3 Å². The Morgan fingerprint density at radius 2 is 2.00 bits per heavy atom. The third-order valence-electron chi connectivity index (χ3n) is 5.17. The summed E-state index contributed by atoms with van der Waals surface area (Å²) in [4.78, 5) is 25.6. The van der Waals surface area contributed by atoms with Crippen LogP contribution in [0.15, 0.2) is 30.3 Å². The van der Waals surface area contributed by atoms with Crippen LogP contribution in [0.3, 0.4) is 0 Å². The maximum Gasteiger partial charge on any atom is 0.410 e. The quantitative estimate of drug-likeness (QED) is 0.824. The Labute approximate surface area is 153 Å². The molecule has 3 fully saturated rings. The van der Waals surface area contributed by atoms with Crippen LogP contribution in [0.4, 0.5) is 9.18 Å². The van der Waals surface area contributed by atoms with E-state index in [1.54, 1.807) is 4.90 Å². The van der Waals surface area contributed by atoms with Gasteiger partial charge in [-0.15, -0.1) is 0 Å². The molecule has 0 spiro atoms. The van der Waals surface area contributed by atoms with E-state index in [-0.39, 0.29) is 43.8 Å². The van der Waals surface area contributed by atoms with Gasteiger partial charge in [0.25, 0.3) is 0 Å². The predicted molar refractivity (Wildman–Crippen MR) is 94.3 cm³/mol. The number of carbonyl (C=O) groups excluding carboxylic acids is 2. The summed E-state index contributed by atoms with van der Waals surface area (Å²) in [5, 5.41) is 0. The first-order chi connectivity index (χ1) is 12.5. The van der Waals surface area contributed by atoms with Crippen LogP contribution in [0.2, 0.25) is 0 Å². The number of Topliss-reactive ketones (excluding diaryl/α,β-unsaturated/α-hetero) is 1. The summed E-state index contributed by atoms with van der Waals surface area (Å²) in [6.07, 6.45) is -0.749.